The fourth-order valence-corrected chi connectivity index (χ4v) is 1.86. The summed E-state index contributed by atoms with van der Waals surface area (Å²) in [5.74, 6) is -0.829. The summed E-state index contributed by atoms with van der Waals surface area (Å²) in [6, 6.07) is 7.98. The van der Waals surface area contributed by atoms with E-state index < -0.39 is 5.91 Å². The molecule has 0 aliphatic heterocycles. The highest BCUT2D eigenvalue weighted by molar-refractivity contribution is 9.10. The summed E-state index contributed by atoms with van der Waals surface area (Å²) in [5.41, 5.74) is 11.9. The molecule has 1 aromatic carbocycles. The average Bonchev–Trinajstić information content (AvgIpc) is 2.69. The summed E-state index contributed by atoms with van der Waals surface area (Å²) >= 11 is 3.35. The molecular weight excluding hydrogens is 404 g/mol. The number of anilines is 1. The highest BCUT2D eigenvalue weighted by atomic mass is 79.9. The SMILES string of the molecule is C=O.C=O.CN.Cc1cnc(C(=O)Nc2ccc(C(N)=O)cc2)cc1Br. The molecule has 0 saturated carbocycles. The van der Waals surface area contributed by atoms with Crippen LogP contribution in [0.4, 0.5) is 5.69 Å². The monoisotopic (exact) mass is 424 g/mol. The highest BCUT2D eigenvalue weighted by Gasteiger charge is 2.09. The Bertz CT molecular complexity index is 706. The molecule has 2 rings (SSSR count). The van der Waals surface area contributed by atoms with Crippen LogP contribution in [-0.2, 0) is 9.59 Å². The predicted molar refractivity (Wildman–Crippen MR) is 104 cm³/mol. The summed E-state index contributed by atoms with van der Waals surface area (Å²) in [6.07, 6.45) is 1.62. The largest absolute Gasteiger partial charge is 0.366 e. The zero-order chi connectivity index (χ0) is 20.7. The standard InChI is InChI=1S/C14H12BrN3O2.CH5N.2CH2O/c1-8-7-17-12(6-11(8)15)14(20)18-10-4-2-9(3-5-10)13(16)19;3*1-2/h2-7H,1H3,(H2,16,19)(H,18,20);2H2,1H3;2*1H2. The van der Waals surface area contributed by atoms with Crippen molar-refractivity contribution < 1.29 is 19.2 Å². The summed E-state index contributed by atoms with van der Waals surface area (Å²) < 4.78 is 0.821. The topological polar surface area (TPSA) is 145 Å². The molecule has 0 spiro atoms. The maximum atomic E-state index is 12.0. The number of carbonyl (C=O) groups excluding carboxylic acids is 4. The van der Waals surface area contributed by atoms with E-state index in [0.717, 1.165) is 10.0 Å². The minimum absolute atomic E-state index is 0.307. The van der Waals surface area contributed by atoms with Crippen LogP contribution in [0.25, 0.3) is 0 Å². The molecule has 0 aliphatic carbocycles. The molecule has 0 saturated heterocycles. The van der Waals surface area contributed by atoms with Crippen LogP contribution in [0.5, 0.6) is 0 Å². The van der Waals surface area contributed by atoms with Gasteiger partial charge in [-0.1, -0.05) is 15.9 Å². The lowest BCUT2D eigenvalue weighted by molar-refractivity contribution is -0.0987. The van der Waals surface area contributed by atoms with Crippen LogP contribution in [0, 0.1) is 6.92 Å². The van der Waals surface area contributed by atoms with Crippen molar-refractivity contribution in [2.75, 3.05) is 12.4 Å². The van der Waals surface area contributed by atoms with E-state index >= 15 is 0 Å². The van der Waals surface area contributed by atoms with E-state index in [9.17, 15) is 9.59 Å². The lowest BCUT2D eigenvalue weighted by Gasteiger charge is -2.06. The molecule has 2 amide bonds. The van der Waals surface area contributed by atoms with Crippen molar-refractivity contribution in [1.82, 2.24) is 4.98 Å². The molecule has 0 unspecified atom stereocenters. The summed E-state index contributed by atoms with van der Waals surface area (Å²) in [5, 5.41) is 2.70. The molecule has 0 radical (unpaired) electrons. The van der Waals surface area contributed by atoms with Crippen molar-refractivity contribution in [2.45, 2.75) is 6.92 Å². The first kappa shape index (κ1) is 25.3. The van der Waals surface area contributed by atoms with Crippen LogP contribution in [0.15, 0.2) is 41.0 Å². The molecule has 5 N–H and O–H groups in total. The molecule has 9 heteroatoms. The molecule has 0 atom stereocenters. The second kappa shape index (κ2) is 14.4. The van der Waals surface area contributed by atoms with Gasteiger partial charge >= 0.3 is 0 Å². The van der Waals surface area contributed by atoms with Crippen molar-refractivity contribution in [3.63, 3.8) is 0 Å². The number of aromatic nitrogens is 1. The minimum Gasteiger partial charge on any atom is -0.366 e. The normalized spacial score (nSPS) is 8.31. The highest BCUT2D eigenvalue weighted by Crippen LogP contribution is 2.16. The number of nitrogens with one attached hydrogen (secondary N) is 1. The van der Waals surface area contributed by atoms with Gasteiger partial charge in [0.25, 0.3) is 5.91 Å². The minimum atomic E-state index is -0.507. The molecule has 140 valence electrons. The first-order valence-electron chi connectivity index (χ1n) is 6.96. The van der Waals surface area contributed by atoms with Crippen molar-refractivity contribution in [3.8, 4) is 0 Å². The quantitative estimate of drug-likeness (QED) is 0.683. The molecule has 0 aliphatic rings. The molecule has 0 fully saturated rings. The molecule has 2 aromatic rings. The fraction of sp³-hybridized carbons (Fsp3) is 0.118. The van der Waals surface area contributed by atoms with E-state index in [1.54, 1.807) is 36.5 Å². The van der Waals surface area contributed by atoms with Crippen molar-refractivity contribution >= 4 is 47.0 Å². The molecule has 1 aromatic heterocycles. The maximum Gasteiger partial charge on any atom is 0.274 e. The van der Waals surface area contributed by atoms with Gasteiger partial charge in [-0.05, 0) is 49.9 Å². The lowest BCUT2D eigenvalue weighted by Crippen LogP contribution is -2.14. The Morgan fingerprint density at radius 1 is 1.08 bits per heavy atom. The number of hydrogen-bond acceptors (Lipinski definition) is 6. The van der Waals surface area contributed by atoms with Crippen LogP contribution >= 0.6 is 15.9 Å². The van der Waals surface area contributed by atoms with Gasteiger partial charge in [-0.15, -0.1) is 0 Å². The zero-order valence-corrected chi connectivity index (χ0v) is 16.1. The Kier molecular flexibility index (Phi) is 14.1. The van der Waals surface area contributed by atoms with Crippen LogP contribution in [0.1, 0.15) is 26.4 Å². The van der Waals surface area contributed by atoms with E-state index in [1.807, 2.05) is 20.5 Å². The smallest absolute Gasteiger partial charge is 0.274 e. The van der Waals surface area contributed by atoms with Crippen molar-refractivity contribution in [2.24, 2.45) is 11.5 Å². The molecule has 8 nitrogen and oxygen atoms in total. The number of carbonyl (C=O) groups is 4. The van der Waals surface area contributed by atoms with Crippen LogP contribution in [0.3, 0.4) is 0 Å². The number of halogens is 1. The van der Waals surface area contributed by atoms with Gasteiger partial charge in [-0.3, -0.25) is 14.6 Å². The van der Waals surface area contributed by atoms with E-state index in [4.69, 9.17) is 15.3 Å². The van der Waals surface area contributed by atoms with Crippen LogP contribution in [0.2, 0.25) is 0 Å². The number of aryl methyl sites for hydroxylation is 1. The van der Waals surface area contributed by atoms with E-state index in [-0.39, 0.29) is 5.91 Å². The predicted octanol–water partition coefficient (Wildman–Crippen LogP) is 1.71. The van der Waals surface area contributed by atoms with Gasteiger partial charge in [-0.25, -0.2) is 0 Å². The van der Waals surface area contributed by atoms with Gasteiger partial charge in [0.15, 0.2) is 0 Å². The number of primary amides is 1. The molecule has 26 heavy (non-hydrogen) atoms. The Balaban J connectivity index is 0. The zero-order valence-electron chi connectivity index (χ0n) is 14.5. The average molecular weight is 425 g/mol. The third kappa shape index (κ3) is 8.27. The Morgan fingerprint density at radius 2 is 1.58 bits per heavy atom. The number of amides is 2. The summed E-state index contributed by atoms with van der Waals surface area (Å²) in [7, 11) is 1.50. The first-order chi connectivity index (χ1) is 12.5. The van der Waals surface area contributed by atoms with Crippen LogP contribution < -0.4 is 16.8 Å². The van der Waals surface area contributed by atoms with Crippen molar-refractivity contribution in [1.29, 1.82) is 0 Å². The first-order valence-corrected chi connectivity index (χ1v) is 7.75. The molecule has 1 heterocycles. The van der Waals surface area contributed by atoms with Gasteiger partial charge in [-0.2, -0.15) is 0 Å². The van der Waals surface area contributed by atoms with Crippen LogP contribution in [-0.4, -0.2) is 37.4 Å². The molecule has 0 bridgehead atoms. The van der Waals surface area contributed by atoms with Crippen molar-refractivity contribution in [3.05, 3.63) is 57.8 Å². The van der Waals surface area contributed by atoms with Gasteiger partial charge in [0, 0.05) is 21.9 Å². The number of pyridine rings is 1. The van der Waals surface area contributed by atoms with E-state index in [0.29, 0.717) is 16.9 Å². The van der Waals surface area contributed by atoms with Gasteiger partial charge < -0.3 is 26.4 Å². The second-order valence-electron chi connectivity index (χ2n) is 4.21. The third-order valence-corrected chi connectivity index (χ3v) is 3.55. The van der Waals surface area contributed by atoms with Gasteiger partial charge in [0.2, 0.25) is 5.91 Å². The lowest BCUT2D eigenvalue weighted by atomic mass is 10.2. The number of benzene rings is 1. The Morgan fingerprint density at radius 3 is 2.00 bits per heavy atom. The third-order valence-electron chi connectivity index (χ3n) is 2.70. The summed E-state index contributed by atoms with van der Waals surface area (Å²) in [6.45, 7) is 5.89. The number of rotatable bonds is 3. The summed E-state index contributed by atoms with van der Waals surface area (Å²) in [4.78, 5) is 43.0. The number of nitrogens with two attached hydrogens (primary N) is 2. The van der Waals surface area contributed by atoms with E-state index in [1.165, 1.54) is 7.05 Å². The maximum absolute atomic E-state index is 12.0. The number of hydrogen-bond donors (Lipinski definition) is 3. The Hall–Kier alpha value is -2.91. The number of nitrogens with zero attached hydrogens (tertiary/aromatic N) is 1. The van der Waals surface area contributed by atoms with Gasteiger partial charge in [0.05, 0.1) is 0 Å². The molecular formula is C17H21BrN4O4. The van der Waals surface area contributed by atoms with Gasteiger partial charge in [0.1, 0.15) is 19.3 Å². The van der Waals surface area contributed by atoms with E-state index in [2.05, 4.69) is 32.0 Å². The second-order valence-corrected chi connectivity index (χ2v) is 5.07. The Labute approximate surface area is 160 Å². The fourth-order valence-electron chi connectivity index (χ4n) is 1.54.